The molecule has 0 saturated heterocycles. The first-order chi connectivity index (χ1) is 10.2. The quantitative estimate of drug-likeness (QED) is 0.814. The van der Waals surface area contributed by atoms with Gasteiger partial charge in [0.15, 0.2) is 0 Å². The van der Waals surface area contributed by atoms with Gasteiger partial charge in [-0.1, -0.05) is 51.1 Å². The van der Waals surface area contributed by atoms with Crippen LogP contribution in [0.3, 0.4) is 0 Å². The molecule has 0 aromatic heterocycles. The number of hydrogen-bond donors (Lipinski definition) is 1. The Balaban J connectivity index is 2.43. The molecule has 1 nitrogen and oxygen atoms in total. The van der Waals surface area contributed by atoms with Crippen molar-refractivity contribution in [3.63, 3.8) is 0 Å². The summed E-state index contributed by atoms with van der Waals surface area (Å²) in [5.41, 5.74) is 4.96. The molecule has 0 saturated carbocycles. The van der Waals surface area contributed by atoms with E-state index in [1.165, 1.54) is 22.8 Å². The minimum Gasteiger partial charge on any atom is -0.307 e. The van der Waals surface area contributed by atoms with Gasteiger partial charge < -0.3 is 5.32 Å². The van der Waals surface area contributed by atoms with E-state index in [1.807, 2.05) is 6.07 Å². The SMILES string of the molecule is CCNC(c1cccc(F)c1)c1ccc(CC)c(CC)c1. The fraction of sp³-hybridized carbons (Fsp3) is 0.368. The standard InChI is InChI=1S/C19H24FN/c1-4-14-10-11-17(12-15(14)5-2)19(21-6-3)16-8-7-9-18(20)13-16/h7-13,19,21H,4-6H2,1-3H3. The molecule has 2 aromatic carbocycles. The van der Waals surface area contributed by atoms with Crippen molar-refractivity contribution in [1.29, 1.82) is 0 Å². The highest BCUT2D eigenvalue weighted by molar-refractivity contribution is 5.38. The second-order valence-corrected chi connectivity index (χ2v) is 5.28. The molecule has 1 atom stereocenters. The van der Waals surface area contributed by atoms with Gasteiger partial charge in [-0.2, -0.15) is 0 Å². The summed E-state index contributed by atoms with van der Waals surface area (Å²) < 4.78 is 13.5. The summed E-state index contributed by atoms with van der Waals surface area (Å²) in [6, 6.07) is 13.5. The fourth-order valence-corrected chi connectivity index (χ4v) is 2.82. The van der Waals surface area contributed by atoms with Crippen LogP contribution in [0.5, 0.6) is 0 Å². The Labute approximate surface area is 127 Å². The molecule has 21 heavy (non-hydrogen) atoms. The summed E-state index contributed by atoms with van der Waals surface area (Å²) in [7, 11) is 0. The molecule has 0 aliphatic heterocycles. The van der Waals surface area contributed by atoms with Gasteiger partial charge in [0.05, 0.1) is 6.04 Å². The zero-order valence-electron chi connectivity index (χ0n) is 13.1. The highest BCUT2D eigenvalue weighted by atomic mass is 19.1. The highest BCUT2D eigenvalue weighted by Crippen LogP contribution is 2.25. The van der Waals surface area contributed by atoms with Crippen molar-refractivity contribution in [2.24, 2.45) is 0 Å². The van der Waals surface area contributed by atoms with Crippen molar-refractivity contribution >= 4 is 0 Å². The Morgan fingerprint density at radius 1 is 0.905 bits per heavy atom. The molecule has 0 aliphatic carbocycles. The number of nitrogens with one attached hydrogen (secondary N) is 1. The van der Waals surface area contributed by atoms with Gasteiger partial charge in [-0.15, -0.1) is 0 Å². The zero-order valence-corrected chi connectivity index (χ0v) is 13.1. The molecule has 0 fully saturated rings. The van der Waals surface area contributed by atoms with Gasteiger partial charge in [-0.3, -0.25) is 0 Å². The summed E-state index contributed by atoms with van der Waals surface area (Å²) in [6.45, 7) is 7.29. The highest BCUT2D eigenvalue weighted by Gasteiger charge is 2.14. The van der Waals surface area contributed by atoms with Crippen LogP contribution in [0.4, 0.5) is 4.39 Å². The lowest BCUT2D eigenvalue weighted by Gasteiger charge is -2.21. The first-order valence-corrected chi connectivity index (χ1v) is 7.80. The van der Waals surface area contributed by atoms with Crippen LogP contribution in [0, 0.1) is 5.82 Å². The molecule has 0 spiro atoms. The van der Waals surface area contributed by atoms with E-state index >= 15 is 0 Å². The third-order valence-corrected chi connectivity index (χ3v) is 3.92. The van der Waals surface area contributed by atoms with Crippen molar-refractivity contribution in [1.82, 2.24) is 5.32 Å². The molecular weight excluding hydrogens is 261 g/mol. The Morgan fingerprint density at radius 2 is 1.62 bits per heavy atom. The minimum atomic E-state index is -0.184. The fourth-order valence-electron chi connectivity index (χ4n) is 2.82. The van der Waals surface area contributed by atoms with Crippen molar-refractivity contribution in [2.45, 2.75) is 39.7 Å². The zero-order chi connectivity index (χ0) is 15.2. The van der Waals surface area contributed by atoms with Gasteiger partial charge in [0.1, 0.15) is 5.82 Å². The third-order valence-electron chi connectivity index (χ3n) is 3.92. The van der Waals surface area contributed by atoms with Gasteiger partial charge in [0, 0.05) is 0 Å². The molecule has 0 radical (unpaired) electrons. The molecule has 2 heteroatoms. The van der Waals surface area contributed by atoms with Crippen LogP contribution in [-0.4, -0.2) is 6.54 Å². The maximum Gasteiger partial charge on any atom is 0.123 e. The number of aryl methyl sites for hydroxylation is 2. The summed E-state index contributed by atoms with van der Waals surface area (Å²) in [4.78, 5) is 0. The van der Waals surface area contributed by atoms with Gasteiger partial charge in [-0.25, -0.2) is 4.39 Å². The van der Waals surface area contributed by atoms with Crippen molar-refractivity contribution in [3.05, 3.63) is 70.5 Å². The second kappa shape index (κ2) is 7.37. The third kappa shape index (κ3) is 3.70. The Bertz CT molecular complexity index is 592. The van der Waals surface area contributed by atoms with Gasteiger partial charge in [-0.05, 0) is 53.8 Å². The Hall–Kier alpha value is -1.67. The lowest BCUT2D eigenvalue weighted by Crippen LogP contribution is -2.22. The van der Waals surface area contributed by atoms with E-state index in [1.54, 1.807) is 12.1 Å². The van der Waals surface area contributed by atoms with Crippen LogP contribution in [0.2, 0.25) is 0 Å². The number of rotatable bonds is 6. The average Bonchev–Trinajstić information content (AvgIpc) is 2.52. The number of benzene rings is 2. The number of hydrogen-bond acceptors (Lipinski definition) is 1. The lowest BCUT2D eigenvalue weighted by atomic mass is 9.93. The number of halogens is 1. The Kier molecular flexibility index (Phi) is 5.51. The molecule has 0 amide bonds. The molecule has 112 valence electrons. The first-order valence-electron chi connectivity index (χ1n) is 7.80. The predicted octanol–water partition coefficient (Wildman–Crippen LogP) is 4.65. The summed E-state index contributed by atoms with van der Waals surface area (Å²) in [5.74, 6) is -0.184. The van der Waals surface area contributed by atoms with Gasteiger partial charge >= 0.3 is 0 Å². The maximum absolute atomic E-state index is 13.5. The van der Waals surface area contributed by atoms with Crippen molar-refractivity contribution in [3.8, 4) is 0 Å². The van der Waals surface area contributed by atoms with Crippen LogP contribution in [0.25, 0.3) is 0 Å². The molecule has 2 rings (SSSR count). The molecule has 1 N–H and O–H groups in total. The summed E-state index contributed by atoms with van der Waals surface area (Å²) in [6.07, 6.45) is 2.08. The van der Waals surface area contributed by atoms with E-state index in [2.05, 4.69) is 44.3 Å². The van der Waals surface area contributed by atoms with E-state index in [-0.39, 0.29) is 11.9 Å². The predicted molar refractivity (Wildman–Crippen MR) is 87.1 cm³/mol. The average molecular weight is 285 g/mol. The van der Waals surface area contributed by atoms with Crippen molar-refractivity contribution in [2.75, 3.05) is 6.54 Å². The van der Waals surface area contributed by atoms with E-state index < -0.39 is 0 Å². The maximum atomic E-state index is 13.5. The normalized spacial score (nSPS) is 12.4. The first kappa shape index (κ1) is 15.7. The topological polar surface area (TPSA) is 12.0 Å². The van der Waals surface area contributed by atoms with Gasteiger partial charge in [0.25, 0.3) is 0 Å². The second-order valence-electron chi connectivity index (χ2n) is 5.28. The molecule has 0 bridgehead atoms. The molecule has 2 aromatic rings. The van der Waals surface area contributed by atoms with Crippen LogP contribution in [0.1, 0.15) is 49.1 Å². The molecule has 1 unspecified atom stereocenters. The van der Waals surface area contributed by atoms with Crippen molar-refractivity contribution < 1.29 is 4.39 Å². The molecule has 0 aliphatic rings. The van der Waals surface area contributed by atoms with E-state index in [9.17, 15) is 4.39 Å². The van der Waals surface area contributed by atoms with Crippen LogP contribution < -0.4 is 5.32 Å². The monoisotopic (exact) mass is 285 g/mol. The largest absolute Gasteiger partial charge is 0.307 e. The summed E-state index contributed by atoms with van der Waals surface area (Å²) >= 11 is 0. The van der Waals surface area contributed by atoms with Crippen LogP contribution in [0.15, 0.2) is 42.5 Å². The van der Waals surface area contributed by atoms with Crippen LogP contribution in [-0.2, 0) is 12.8 Å². The van der Waals surface area contributed by atoms with Crippen LogP contribution >= 0.6 is 0 Å². The molecular formula is C19H24FN. The van der Waals surface area contributed by atoms with E-state index in [4.69, 9.17) is 0 Å². The smallest absolute Gasteiger partial charge is 0.123 e. The minimum absolute atomic E-state index is 0.0434. The molecule has 0 heterocycles. The van der Waals surface area contributed by atoms with E-state index in [0.717, 1.165) is 24.9 Å². The van der Waals surface area contributed by atoms with E-state index in [0.29, 0.717) is 0 Å². The van der Waals surface area contributed by atoms with Gasteiger partial charge in [0.2, 0.25) is 0 Å². The lowest BCUT2D eigenvalue weighted by molar-refractivity contribution is 0.603. The Morgan fingerprint density at radius 3 is 2.24 bits per heavy atom. The summed E-state index contributed by atoms with van der Waals surface area (Å²) in [5, 5.41) is 3.46.